The van der Waals surface area contributed by atoms with Gasteiger partial charge in [0, 0.05) is 16.0 Å². The molecule has 0 fully saturated rings. The molecule has 0 radical (unpaired) electrons. The van der Waals surface area contributed by atoms with Crippen molar-refractivity contribution in [1.82, 2.24) is 14.9 Å². The molecular weight excluding hydrogens is 343 g/mol. The van der Waals surface area contributed by atoms with Crippen LogP contribution in [0.15, 0.2) is 28.1 Å². The number of benzene rings is 1. The first-order valence-corrected chi connectivity index (χ1v) is 7.58. The predicted molar refractivity (Wildman–Crippen MR) is 91.8 cm³/mol. The van der Waals surface area contributed by atoms with E-state index in [0.717, 1.165) is 4.68 Å². The van der Waals surface area contributed by atoms with E-state index in [0.29, 0.717) is 21.3 Å². The van der Waals surface area contributed by atoms with Gasteiger partial charge in [0.1, 0.15) is 5.69 Å². The summed E-state index contributed by atoms with van der Waals surface area (Å²) in [6, 6.07) is 4.99. The van der Waals surface area contributed by atoms with Gasteiger partial charge in [-0.2, -0.15) is 14.9 Å². The number of hydrogen-bond acceptors (Lipinski definition) is 4. The Labute approximate surface area is 142 Å². The van der Waals surface area contributed by atoms with Gasteiger partial charge in [0.05, 0.1) is 11.2 Å². The average molecular weight is 357 g/mol. The lowest BCUT2D eigenvalue weighted by Crippen LogP contribution is -2.32. The van der Waals surface area contributed by atoms with Crippen molar-refractivity contribution in [3.05, 3.63) is 54.6 Å². The summed E-state index contributed by atoms with van der Waals surface area (Å²) >= 11 is 17.0. The molecule has 1 aromatic carbocycles. The second-order valence-corrected chi connectivity index (χ2v) is 6.89. The summed E-state index contributed by atoms with van der Waals surface area (Å²) in [5.74, 6) is 0. The zero-order valence-corrected chi connectivity index (χ0v) is 14.6. The number of aromatic amines is 1. The molecule has 1 N–H and O–H groups in total. The molecule has 1 heterocycles. The first-order chi connectivity index (χ1) is 10.2. The second-order valence-electron chi connectivity index (χ2n) is 5.65. The molecule has 0 atom stereocenters. The average Bonchev–Trinajstić information content (AvgIpc) is 2.39. The van der Waals surface area contributed by atoms with Crippen molar-refractivity contribution in [2.75, 3.05) is 0 Å². The van der Waals surface area contributed by atoms with Crippen LogP contribution in [0.5, 0.6) is 0 Å². The number of halogens is 2. The molecule has 1 aromatic heterocycles. The molecule has 0 spiro atoms. The van der Waals surface area contributed by atoms with Crippen molar-refractivity contribution < 1.29 is 0 Å². The minimum Gasteiger partial charge on any atom is -0.265 e. The van der Waals surface area contributed by atoms with Gasteiger partial charge in [0.2, 0.25) is 4.77 Å². The molecule has 5 nitrogen and oxygen atoms in total. The highest BCUT2D eigenvalue weighted by Crippen LogP contribution is 2.19. The SMILES string of the molecule is CC(C)(C)c1n[nH]c(=S)n(/N=C\c2ccc(Cl)cc2Cl)c1=O. The number of nitrogens with one attached hydrogen (secondary N) is 1. The van der Waals surface area contributed by atoms with E-state index in [1.807, 2.05) is 20.8 Å². The van der Waals surface area contributed by atoms with Gasteiger partial charge in [-0.15, -0.1) is 0 Å². The summed E-state index contributed by atoms with van der Waals surface area (Å²) in [6.45, 7) is 5.66. The van der Waals surface area contributed by atoms with Gasteiger partial charge in [0.25, 0.3) is 5.56 Å². The third-order valence-corrected chi connectivity index (χ3v) is 3.66. The predicted octanol–water partition coefficient (Wildman–Crippen LogP) is 3.79. The quantitative estimate of drug-likeness (QED) is 0.657. The third-order valence-electron chi connectivity index (χ3n) is 2.84. The van der Waals surface area contributed by atoms with Gasteiger partial charge in [-0.25, -0.2) is 0 Å². The van der Waals surface area contributed by atoms with Gasteiger partial charge in [-0.1, -0.05) is 50.0 Å². The zero-order valence-electron chi connectivity index (χ0n) is 12.2. The van der Waals surface area contributed by atoms with Gasteiger partial charge >= 0.3 is 0 Å². The molecule has 0 aliphatic rings. The van der Waals surface area contributed by atoms with E-state index in [9.17, 15) is 4.79 Å². The Hall–Kier alpha value is -1.50. The maximum Gasteiger partial charge on any atom is 0.297 e. The largest absolute Gasteiger partial charge is 0.297 e. The Morgan fingerprint density at radius 1 is 1.36 bits per heavy atom. The smallest absolute Gasteiger partial charge is 0.265 e. The van der Waals surface area contributed by atoms with Crippen molar-refractivity contribution in [2.24, 2.45) is 5.10 Å². The van der Waals surface area contributed by atoms with Crippen molar-refractivity contribution in [3.8, 4) is 0 Å². The summed E-state index contributed by atoms with van der Waals surface area (Å²) in [5.41, 5.74) is 0.186. The van der Waals surface area contributed by atoms with Gasteiger partial charge in [-0.05, 0) is 24.4 Å². The van der Waals surface area contributed by atoms with E-state index in [1.165, 1.54) is 6.21 Å². The van der Waals surface area contributed by atoms with Crippen LogP contribution in [0.25, 0.3) is 0 Å². The number of rotatable bonds is 2. The molecule has 0 amide bonds. The summed E-state index contributed by atoms with van der Waals surface area (Å²) in [7, 11) is 0. The van der Waals surface area contributed by atoms with Crippen molar-refractivity contribution in [2.45, 2.75) is 26.2 Å². The minimum absolute atomic E-state index is 0.110. The van der Waals surface area contributed by atoms with Gasteiger partial charge in [-0.3, -0.25) is 9.89 Å². The summed E-state index contributed by atoms with van der Waals surface area (Å²) in [6.07, 6.45) is 1.45. The molecular formula is C14H14Cl2N4OS. The van der Waals surface area contributed by atoms with Crippen molar-refractivity contribution >= 4 is 41.6 Å². The highest BCUT2D eigenvalue weighted by molar-refractivity contribution is 7.71. The molecule has 2 rings (SSSR count). The molecule has 0 aliphatic heterocycles. The number of nitrogens with zero attached hydrogens (tertiary/aromatic N) is 3. The van der Waals surface area contributed by atoms with Crippen LogP contribution in [0.3, 0.4) is 0 Å². The molecule has 0 aliphatic carbocycles. The summed E-state index contributed by atoms with van der Waals surface area (Å²) in [4.78, 5) is 12.4. The Bertz CT molecular complexity index is 849. The lowest BCUT2D eigenvalue weighted by atomic mass is 9.93. The first-order valence-electron chi connectivity index (χ1n) is 6.42. The number of aromatic nitrogens is 3. The Morgan fingerprint density at radius 2 is 2.05 bits per heavy atom. The van der Waals surface area contributed by atoms with E-state index in [2.05, 4.69) is 15.3 Å². The van der Waals surface area contributed by atoms with Crippen molar-refractivity contribution in [1.29, 1.82) is 0 Å². The fourth-order valence-electron chi connectivity index (χ4n) is 1.71. The molecule has 0 bridgehead atoms. The monoisotopic (exact) mass is 356 g/mol. The Morgan fingerprint density at radius 3 is 2.64 bits per heavy atom. The normalized spacial score (nSPS) is 12.0. The maximum absolute atomic E-state index is 12.4. The molecule has 22 heavy (non-hydrogen) atoms. The topological polar surface area (TPSA) is 63.0 Å². The standard InChI is InChI=1S/C14H14Cl2N4OS/c1-14(2,3)11-12(21)20(13(22)19-18-11)17-7-8-4-5-9(15)6-10(8)16/h4-7H,1-3H3,(H,19,22)/b17-7-. The Balaban J connectivity index is 2.52. The van der Waals surface area contributed by atoms with Crippen LogP contribution >= 0.6 is 35.4 Å². The van der Waals surface area contributed by atoms with Crippen molar-refractivity contribution in [3.63, 3.8) is 0 Å². The van der Waals surface area contributed by atoms with E-state index in [1.54, 1.807) is 18.2 Å². The highest BCUT2D eigenvalue weighted by atomic mass is 35.5. The molecule has 2 aromatic rings. The van der Waals surface area contributed by atoms with E-state index in [4.69, 9.17) is 35.4 Å². The van der Waals surface area contributed by atoms with Crippen LogP contribution in [0, 0.1) is 4.77 Å². The highest BCUT2D eigenvalue weighted by Gasteiger charge is 2.21. The van der Waals surface area contributed by atoms with Gasteiger partial charge in [0.15, 0.2) is 0 Å². The maximum atomic E-state index is 12.4. The van der Waals surface area contributed by atoms with Crippen LogP contribution in [0.4, 0.5) is 0 Å². The number of hydrogen-bond donors (Lipinski definition) is 1. The fourth-order valence-corrected chi connectivity index (χ4v) is 2.34. The molecule has 116 valence electrons. The van der Waals surface area contributed by atoms with Crippen LogP contribution in [0.2, 0.25) is 10.0 Å². The third kappa shape index (κ3) is 3.63. The van der Waals surface area contributed by atoms with E-state index < -0.39 is 5.41 Å². The minimum atomic E-state index is -0.425. The van der Waals surface area contributed by atoms with Crippen LogP contribution in [0.1, 0.15) is 32.0 Å². The molecule has 0 unspecified atom stereocenters. The lowest BCUT2D eigenvalue weighted by Gasteiger charge is -2.16. The Kier molecular flexibility index (Phi) is 4.84. The van der Waals surface area contributed by atoms with Crippen LogP contribution in [-0.4, -0.2) is 21.1 Å². The van der Waals surface area contributed by atoms with E-state index in [-0.39, 0.29) is 10.3 Å². The second kappa shape index (κ2) is 6.32. The zero-order chi connectivity index (χ0) is 16.5. The van der Waals surface area contributed by atoms with Gasteiger partial charge < -0.3 is 0 Å². The first kappa shape index (κ1) is 16.9. The number of H-pyrrole nitrogens is 1. The fraction of sp³-hybridized carbons (Fsp3) is 0.286. The molecule has 0 saturated heterocycles. The molecule has 8 heteroatoms. The van der Waals surface area contributed by atoms with Crippen LogP contribution < -0.4 is 5.56 Å². The van der Waals surface area contributed by atoms with Crippen LogP contribution in [-0.2, 0) is 5.41 Å². The molecule has 0 saturated carbocycles. The lowest BCUT2D eigenvalue weighted by molar-refractivity contribution is 0.529. The van der Waals surface area contributed by atoms with E-state index >= 15 is 0 Å². The summed E-state index contributed by atoms with van der Waals surface area (Å²) < 4.78 is 1.20. The summed E-state index contributed by atoms with van der Waals surface area (Å²) in [5, 5.41) is 11.7.